The predicted molar refractivity (Wildman–Crippen MR) is 56.4 cm³/mol. The molecular formula is C10H20N2O3. The first kappa shape index (κ1) is 12.3. The molecule has 0 aliphatic carbocycles. The molecular weight excluding hydrogens is 196 g/mol. The first-order valence-electron chi connectivity index (χ1n) is 5.16. The molecule has 0 radical (unpaired) electrons. The Hall–Kier alpha value is -0.810. The van der Waals surface area contributed by atoms with Gasteiger partial charge in [-0.05, 0) is 27.7 Å². The topological polar surface area (TPSA) is 61.8 Å². The van der Waals surface area contributed by atoms with Gasteiger partial charge in [0.2, 0.25) is 0 Å². The monoisotopic (exact) mass is 216 g/mol. The Morgan fingerprint density at radius 3 is 2.60 bits per heavy atom. The van der Waals surface area contributed by atoms with E-state index in [1.54, 1.807) is 6.92 Å². The molecule has 0 spiro atoms. The molecule has 1 unspecified atom stereocenters. The summed E-state index contributed by atoms with van der Waals surface area (Å²) in [6.07, 6.45) is -0.464. The second-order valence-electron chi connectivity index (χ2n) is 5.03. The number of piperazine rings is 1. The van der Waals surface area contributed by atoms with Crippen molar-refractivity contribution in [3.8, 4) is 0 Å². The second kappa shape index (κ2) is 3.98. The van der Waals surface area contributed by atoms with E-state index < -0.39 is 17.4 Å². The second-order valence-corrected chi connectivity index (χ2v) is 5.03. The van der Waals surface area contributed by atoms with E-state index in [1.807, 2.05) is 20.8 Å². The number of hydrogen-bond acceptors (Lipinski definition) is 4. The fourth-order valence-electron chi connectivity index (χ4n) is 1.46. The summed E-state index contributed by atoms with van der Waals surface area (Å²) in [6.45, 7) is 8.53. The molecule has 1 aliphatic rings. The minimum atomic E-state index is -1.17. The summed E-state index contributed by atoms with van der Waals surface area (Å²) in [5.74, 6) is 0. The van der Waals surface area contributed by atoms with Crippen LogP contribution in [0.5, 0.6) is 0 Å². The van der Waals surface area contributed by atoms with Crippen molar-refractivity contribution in [2.45, 2.75) is 39.0 Å². The third kappa shape index (κ3) is 3.35. The van der Waals surface area contributed by atoms with Gasteiger partial charge in [0.25, 0.3) is 0 Å². The quantitative estimate of drug-likeness (QED) is 0.620. The number of nitrogens with zero attached hydrogens (tertiary/aromatic N) is 1. The van der Waals surface area contributed by atoms with Crippen molar-refractivity contribution in [3.63, 3.8) is 0 Å². The van der Waals surface area contributed by atoms with E-state index in [-0.39, 0.29) is 0 Å². The van der Waals surface area contributed by atoms with E-state index in [0.29, 0.717) is 19.6 Å². The Labute approximate surface area is 90.4 Å². The molecule has 2 N–H and O–H groups in total. The lowest BCUT2D eigenvalue weighted by molar-refractivity contribution is -0.104. The van der Waals surface area contributed by atoms with Gasteiger partial charge in [0.05, 0.1) is 0 Å². The van der Waals surface area contributed by atoms with E-state index in [0.717, 1.165) is 0 Å². The maximum atomic E-state index is 11.7. The smallest absolute Gasteiger partial charge is 0.412 e. The van der Waals surface area contributed by atoms with E-state index in [1.165, 1.54) is 4.90 Å². The molecule has 5 nitrogen and oxygen atoms in total. The van der Waals surface area contributed by atoms with Crippen LogP contribution in [0.15, 0.2) is 0 Å². The van der Waals surface area contributed by atoms with Crippen LogP contribution in [0.1, 0.15) is 27.7 Å². The van der Waals surface area contributed by atoms with Crippen LogP contribution in [0.3, 0.4) is 0 Å². The molecule has 1 atom stereocenters. The maximum Gasteiger partial charge on any atom is 0.412 e. The highest BCUT2D eigenvalue weighted by Gasteiger charge is 2.37. The summed E-state index contributed by atoms with van der Waals surface area (Å²) in [5.41, 5.74) is -1.70. The Kier molecular flexibility index (Phi) is 3.25. The molecule has 1 rings (SSSR count). The van der Waals surface area contributed by atoms with Crippen molar-refractivity contribution in [1.29, 1.82) is 0 Å². The summed E-state index contributed by atoms with van der Waals surface area (Å²) in [5, 5.41) is 13.0. The summed E-state index contributed by atoms with van der Waals surface area (Å²) in [6, 6.07) is 0. The summed E-state index contributed by atoms with van der Waals surface area (Å²) < 4.78 is 5.21. The highest BCUT2D eigenvalue weighted by molar-refractivity contribution is 5.69. The molecule has 0 aromatic rings. The first-order valence-corrected chi connectivity index (χ1v) is 5.16. The van der Waals surface area contributed by atoms with Gasteiger partial charge in [-0.3, -0.25) is 4.90 Å². The molecule has 0 aromatic heterocycles. The van der Waals surface area contributed by atoms with E-state index >= 15 is 0 Å². The first-order chi connectivity index (χ1) is 6.72. The Balaban J connectivity index is 2.65. The maximum absolute atomic E-state index is 11.7. The van der Waals surface area contributed by atoms with Crippen LogP contribution >= 0.6 is 0 Å². The molecule has 1 heterocycles. The van der Waals surface area contributed by atoms with Crippen LogP contribution in [-0.4, -0.2) is 47.1 Å². The lowest BCUT2D eigenvalue weighted by Crippen LogP contribution is -2.62. The number of rotatable bonds is 0. The van der Waals surface area contributed by atoms with Gasteiger partial charge in [-0.1, -0.05) is 0 Å². The molecule has 1 saturated heterocycles. The number of aliphatic hydroxyl groups is 1. The Bertz CT molecular complexity index is 246. The van der Waals surface area contributed by atoms with Crippen molar-refractivity contribution >= 4 is 6.09 Å². The Morgan fingerprint density at radius 1 is 1.53 bits per heavy atom. The number of carbonyl (C=O) groups is 1. The largest absolute Gasteiger partial charge is 0.444 e. The van der Waals surface area contributed by atoms with Crippen molar-refractivity contribution in [3.05, 3.63) is 0 Å². The molecule has 1 amide bonds. The minimum absolute atomic E-state index is 0.367. The highest BCUT2D eigenvalue weighted by atomic mass is 16.6. The van der Waals surface area contributed by atoms with E-state index in [9.17, 15) is 9.90 Å². The summed E-state index contributed by atoms with van der Waals surface area (Å²) in [4.78, 5) is 13.1. The zero-order chi connectivity index (χ0) is 11.7. The molecule has 88 valence electrons. The van der Waals surface area contributed by atoms with Crippen molar-refractivity contribution in [2.75, 3.05) is 19.6 Å². The van der Waals surface area contributed by atoms with Gasteiger partial charge in [-0.2, -0.15) is 0 Å². The number of amides is 1. The number of hydrogen-bond donors (Lipinski definition) is 2. The fraction of sp³-hybridized carbons (Fsp3) is 0.900. The Morgan fingerprint density at radius 2 is 2.13 bits per heavy atom. The predicted octanol–water partition coefficient (Wildman–Crippen LogP) is 0.535. The van der Waals surface area contributed by atoms with Crippen LogP contribution in [0, 0.1) is 0 Å². The lowest BCUT2D eigenvalue weighted by atomic mass is 10.1. The van der Waals surface area contributed by atoms with Gasteiger partial charge in [0.15, 0.2) is 5.72 Å². The van der Waals surface area contributed by atoms with Gasteiger partial charge < -0.3 is 15.2 Å². The highest BCUT2D eigenvalue weighted by Crippen LogP contribution is 2.18. The fourth-order valence-corrected chi connectivity index (χ4v) is 1.46. The molecule has 15 heavy (non-hydrogen) atoms. The van der Waals surface area contributed by atoms with Crippen molar-refractivity contribution in [2.24, 2.45) is 0 Å². The average Bonchev–Trinajstić information content (AvgIpc) is 1.99. The molecule has 5 heteroatoms. The zero-order valence-electron chi connectivity index (χ0n) is 9.83. The summed E-state index contributed by atoms with van der Waals surface area (Å²) in [7, 11) is 0. The van der Waals surface area contributed by atoms with Crippen LogP contribution in [0.2, 0.25) is 0 Å². The molecule has 1 fully saturated rings. The van der Waals surface area contributed by atoms with Crippen molar-refractivity contribution in [1.82, 2.24) is 10.2 Å². The van der Waals surface area contributed by atoms with E-state index in [2.05, 4.69) is 5.32 Å². The molecule has 0 bridgehead atoms. The van der Waals surface area contributed by atoms with Crippen LogP contribution in [0.25, 0.3) is 0 Å². The van der Waals surface area contributed by atoms with Crippen LogP contribution < -0.4 is 5.32 Å². The molecule has 0 aromatic carbocycles. The normalized spacial score (nSPS) is 27.7. The van der Waals surface area contributed by atoms with Crippen molar-refractivity contribution < 1.29 is 14.6 Å². The number of nitrogens with one attached hydrogen (secondary N) is 1. The van der Waals surface area contributed by atoms with Gasteiger partial charge in [0.1, 0.15) is 5.60 Å². The average molecular weight is 216 g/mol. The van der Waals surface area contributed by atoms with Crippen LogP contribution in [-0.2, 0) is 4.74 Å². The van der Waals surface area contributed by atoms with Crippen LogP contribution in [0.4, 0.5) is 4.79 Å². The van der Waals surface area contributed by atoms with Gasteiger partial charge in [0, 0.05) is 19.6 Å². The molecule has 1 aliphatic heterocycles. The standard InChI is InChI=1S/C10H20N2O3/c1-9(2,3)15-8(13)12-6-5-11-7-10(12,4)14/h11,14H,5-7H2,1-4H3. The number of ether oxygens (including phenoxy) is 1. The third-order valence-corrected chi connectivity index (χ3v) is 2.17. The van der Waals surface area contributed by atoms with Gasteiger partial charge >= 0.3 is 6.09 Å². The number of carbonyl (C=O) groups excluding carboxylic acids is 1. The SMILES string of the molecule is CC(C)(C)OC(=O)N1CCNCC1(C)O. The molecule has 0 saturated carbocycles. The van der Waals surface area contributed by atoms with E-state index in [4.69, 9.17) is 4.74 Å². The number of β-amino-alcohol motifs (C(OH)–C–C–N with tert-alkyl or cyclic N) is 1. The zero-order valence-corrected chi connectivity index (χ0v) is 9.83. The lowest BCUT2D eigenvalue weighted by Gasteiger charge is -2.41. The van der Waals surface area contributed by atoms with Gasteiger partial charge in [-0.25, -0.2) is 4.79 Å². The minimum Gasteiger partial charge on any atom is -0.444 e. The van der Waals surface area contributed by atoms with Gasteiger partial charge in [-0.15, -0.1) is 0 Å². The summed E-state index contributed by atoms with van der Waals surface area (Å²) >= 11 is 0. The third-order valence-electron chi connectivity index (χ3n) is 2.17.